The molecule has 0 bridgehead atoms. The number of nitrogens with one attached hydrogen (secondary N) is 1. The van der Waals surface area contributed by atoms with Crippen molar-refractivity contribution in [1.82, 2.24) is 0 Å². The van der Waals surface area contributed by atoms with E-state index in [0.717, 1.165) is 35.3 Å². The Bertz CT molecular complexity index is 803. The Morgan fingerprint density at radius 3 is 2.92 bits per heavy atom. The van der Waals surface area contributed by atoms with Gasteiger partial charge in [-0.3, -0.25) is 4.79 Å². The van der Waals surface area contributed by atoms with Crippen LogP contribution in [0, 0.1) is 17.2 Å². The van der Waals surface area contributed by atoms with E-state index in [-0.39, 0.29) is 18.4 Å². The number of amides is 1. The zero-order valence-electron chi connectivity index (χ0n) is 13.2. The predicted octanol–water partition coefficient (Wildman–Crippen LogP) is 3.37. The molecule has 0 fully saturated rings. The largest absolute Gasteiger partial charge is 0.396 e. The molecule has 0 saturated carbocycles. The van der Waals surface area contributed by atoms with Crippen molar-refractivity contribution >= 4 is 28.3 Å². The summed E-state index contributed by atoms with van der Waals surface area (Å²) in [6.45, 7) is 0.167. The summed E-state index contributed by atoms with van der Waals surface area (Å²) in [6, 6.07) is 11.8. The van der Waals surface area contributed by atoms with Crippen molar-refractivity contribution in [2.75, 3.05) is 11.9 Å². The molecule has 1 atom stereocenters. The van der Waals surface area contributed by atoms with Crippen LogP contribution in [0.25, 0.3) is 6.08 Å². The van der Waals surface area contributed by atoms with E-state index >= 15 is 0 Å². The Balaban J connectivity index is 1.76. The van der Waals surface area contributed by atoms with Gasteiger partial charge in [0.2, 0.25) is 5.91 Å². The average molecular weight is 338 g/mol. The van der Waals surface area contributed by atoms with Crippen molar-refractivity contribution in [2.45, 2.75) is 19.3 Å². The molecule has 4 nitrogen and oxygen atoms in total. The van der Waals surface area contributed by atoms with E-state index in [9.17, 15) is 15.2 Å². The number of carbonyl (C=O) groups excluding carboxylic acids is 1. The molecule has 2 aromatic rings. The van der Waals surface area contributed by atoms with E-state index in [0.29, 0.717) is 10.6 Å². The number of carbonyl (C=O) groups is 1. The van der Waals surface area contributed by atoms with Crippen LogP contribution >= 0.6 is 11.3 Å². The second kappa shape index (κ2) is 7.43. The van der Waals surface area contributed by atoms with Crippen LogP contribution in [0.2, 0.25) is 0 Å². The molecule has 0 radical (unpaired) electrons. The van der Waals surface area contributed by atoms with Crippen LogP contribution in [-0.4, -0.2) is 17.6 Å². The second-order valence-electron chi connectivity index (χ2n) is 5.84. The Labute approximate surface area is 145 Å². The highest BCUT2D eigenvalue weighted by atomic mass is 32.1. The number of rotatable bonds is 4. The molecule has 122 valence electrons. The van der Waals surface area contributed by atoms with Crippen LogP contribution in [0.1, 0.15) is 28.0 Å². The van der Waals surface area contributed by atoms with Gasteiger partial charge in [0.05, 0.1) is 5.56 Å². The summed E-state index contributed by atoms with van der Waals surface area (Å²) < 4.78 is 0. The molecule has 2 N–H and O–H groups in total. The van der Waals surface area contributed by atoms with Crippen molar-refractivity contribution < 1.29 is 9.90 Å². The van der Waals surface area contributed by atoms with E-state index in [1.165, 1.54) is 17.4 Å². The highest BCUT2D eigenvalue weighted by Gasteiger charge is 2.25. The molecule has 1 aromatic heterocycles. The molecule has 1 aromatic carbocycles. The van der Waals surface area contributed by atoms with Crippen molar-refractivity contribution in [3.05, 3.63) is 58.0 Å². The number of benzene rings is 1. The monoisotopic (exact) mass is 338 g/mol. The third kappa shape index (κ3) is 3.56. The summed E-state index contributed by atoms with van der Waals surface area (Å²) in [5.74, 6) is 0.0110. The summed E-state index contributed by atoms with van der Waals surface area (Å²) in [5.41, 5.74) is 2.56. The summed E-state index contributed by atoms with van der Waals surface area (Å²) in [6.07, 6.45) is 5.68. The molecule has 0 aliphatic heterocycles. The lowest BCUT2D eigenvalue weighted by molar-refractivity contribution is -0.111. The lowest BCUT2D eigenvalue weighted by atomic mass is 9.88. The fourth-order valence-electron chi connectivity index (χ4n) is 2.91. The number of aliphatic hydroxyl groups excluding tert-OH is 1. The first-order chi connectivity index (χ1) is 11.7. The van der Waals surface area contributed by atoms with Gasteiger partial charge in [-0.25, -0.2) is 0 Å². The van der Waals surface area contributed by atoms with Gasteiger partial charge in [0.25, 0.3) is 0 Å². The minimum Gasteiger partial charge on any atom is -0.396 e. The number of fused-ring (bicyclic) bond motifs is 1. The van der Waals surface area contributed by atoms with Crippen LogP contribution in [0.3, 0.4) is 0 Å². The number of hydrogen-bond acceptors (Lipinski definition) is 4. The maximum absolute atomic E-state index is 12.1. The topological polar surface area (TPSA) is 73.1 Å². The molecule has 0 spiro atoms. The lowest BCUT2D eigenvalue weighted by Crippen LogP contribution is -2.16. The Kier molecular flexibility index (Phi) is 5.09. The molecule has 1 aliphatic rings. The molecular formula is C19H18N2O2S. The molecule has 0 saturated heterocycles. The Morgan fingerprint density at radius 2 is 2.21 bits per heavy atom. The highest BCUT2D eigenvalue weighted by molar-refractivity contribution is 7.16. The molecule has 24 heavy (non-hydrogen) atoms. The first kappa shape index (κ1) is 16.4. The van der Waals surface area contributed by atoms with Crippen LogP contribution in [0.5, 0.6) is 0 Å². The van der Waals surface area contributed by atoms with Gasteiger partial charge in [-0.05, 0) is 42.4 Å². The van der Waals surface area contributed by atoms with Crippen LogP contribution < -0.4 is 5.32 Å². The average Bonchev–Trinajstić information content (AvgIpc) is 2.96. The van der Waals surface area contributed by atoms with Crippen molar-refractivity contribution in [3.8, 4) is 6.07 Å². The molecule has 1 unspecified atom stereocenters. The quantitative estimate of drug-likeness (QED) is 0.840. The van der Waals surface area contributed by atoms with Gasteiger partial charge in [0.1, 0.15) is 11.1 Å². The first-order valence-electron chi connectivity index (χ1n) is 7.91. The Hall–Kier alpha value is -2.42. The smallest absolute Gasteiger partial charge is 0.249 e. The zero-order valence-corrected chi connectivity index (χ0v) is 14.0. The predicted molar refractivity (Wildman–Crippen MR) is 95.7 cm³/mol. The highest BCUT2D eigenvalue weighted by Crippen LogP contribution is 2.39. The van der Waals surface area contributed by atoms with Crippen molar-refractivity contribution in [1.29, 1.82) is 5.26 Å². The van der Waals surface area contributed by atoms with Gasteiger partial charge in [-0.1, -0.05) is 30.3 Å². The number of anilines is 1. The maximum Gasteiger partial charge on any atom is 0.249 e. The Morgan fingerprint density at radius 1 is 1.42 bits per heavy atom. The zero-order chi connectivity index (χ0) is 16.9. The number of thiophene rings is 1. The number of aliphatic hydroxyl groups is 1. The van der Waals surface area contributed by atoms with Crippen LogP contribution in [0.15, 0.2) is 36.4 Å². The van der Waals surface area contributed by atoms with E-state index in [1.54, 1.807) is 6.08 Å². The third-order valence-corrected chi connectivity index (χ3v) is 5.37. The van der Waals surface area contributed by atoms with E-state index < -0.39 is 0 Å². The number of hydrogen-bond donors (Lipinski definition) is 2. The molecule has 5 heteroatoms. The third-order valence-electron chi connectivity index (χ3n) is 4.20. The summed E-state index contributed by atoms with van der Waals surface area (Å²) in [4.78, 5) is 13.3. The summed E-state index contributed by atoms with van der Waals surface area (Å²) in [5, 5.41) is 22.2. The van der Waals surface area contributed by atoms with E-state index in [4.69, 9.17) is 0 Å². The minimum atomic E-state index is -0.243. The van der Waals surface area contributed by atoms with Gasteiger partial charge in [-0.2, -0.15) is 5.26 Å². The van der Waals surface area contributed by atoms with Crippen molar-refractivity contribution in [3.63, 3.8) is 0 Å². The second-order valence-corrected chi connectivity index (χ2v) is 6.95. The minimum absolute atomic E-state index is 0.167. The van der Waals surface area contributed by atoms with E-state index in [2.05, 4.69) is 11.4 Å². The summed E-state index contributed by atoms with van der Waals surface area (Å²) in [7, 11) is 0. The molecule has 1 heterocycles. The van der Waals surface area contributed by atoms with E-state index in [1.807, 2.05) is 30.3 Å². The fraction of sp³-hybridized carbons (Fsp3) is 0.263. The van der Waals surface area contributed by atoms with Gasteiger partial charge < -0.3 is 10.4 Å². The molecular weight excluding hydrogens is 320 g/mol. The maximum atomic E-state index is 12.1. The molecule has 1 amide bonds. The SMILES string of the molecule is N#Cc1c(NC(=O)/C=C/c2ccccc2)sc2c1CCC(CO)C2. The number of nitrogens with zero attached hydrogens (tertiary/aromatic N) is 1. The van der Waals surface area contributed by atoms with Gasteiger partial charge in [-0.15, -0.1) is 11.3 Å². The molecule has 1 aliphatic carbocycles. The van der Waals surface area contributed by atoms with Gasteiger partial charge in [0.15, 0.2) is 0 Å². The van der Waals surface area contributed by atoms with Crippen molar-refractivity contribution in [2.24, 2.45) is 5.92 Å². The molecule has 3 rings (SSSR count). The fourth-order valence-corrected chi connectivity index (χ4v) is 4.22. The van der Waals surface area contributed by atoms with Gasteiger partial charge in [0, 0.05) is 17.6 Å². The van der Waals surface area contributed by atoms with Crippen LogP contribution in [-0.2, 0) is 17.6 Å². The standard InChI is InChI=1S/C19H18N2O2S/c20-11-16-15-8-6-14(12-22)10-17(15)24-19(16)21-18(23)9-7-13-4-2-1-3-5-13/h1-5,7,9,14,22H,6,8,10,12H2,(H,21,23)/b9-7+. The van der Waals surface area contributed by atoms with Crippen LogP contribution in [0.4, 0.5) is 5.00 Å². The normalized spacial score (nSPS) is 16.6. The van der Waals surface area contributed by atoms with Gasteiger partial charge >= 0.3 is 0 Å². The first-order valence-corrected chi connectivity index (χ1v) is 8.72. The summed E-state index contributed by atoms with van der Waals surface area (Å²) >= 11 is 1.46. The number of nitriles is 1. The lowest BCUT2D eigenvalue weighted by Gasteiger charge is -2.19.